The normalized spacial score (nSPS) is 11.7. The summed E-state index contributed by atoms with van der Waals surface area (Å²) < 4.78 is 19.0. The topological polar surface area (TPSA) is 55.6 Å². The van der Waals surface area contributed by atoms with Crippen LogP contribution in [-0.4, -0.2) is 4.98 Å². The molecule has 8 aromatic carbocycles. The molecule has 11 rings (SSSR count). The van der Waals surface area contributed by atoms with Gasteiger partial charge in [0, 0.05) is 50.2 Å². The number of hydrogen-bond acceptors (Lipinski definition) is 5. The monoisotopic (exact) mass is 694 g/mol. The summed E-state index contributed by atoms with van der Waals surface area (Å²) >= 11 is 0. The minimum Gasteiger partial charge on any atom is -0.456 e. The van der Waals surface area contributed by atoms with Crippen molar-refractivity contribution in [3.63, 3.8) is 0 Å². The van der Waals surface area contributed by atoms with Crippen molar-refractivity contribution in [2.45, 2.75) is 0 Å². The molecule has 0 spiro atoms. The van der Waals surface area contributed by atoms with E-state index in [1.54, 1.807) is 0 Å². The predicted molar refractivity (Wildman–Crippen MR) is 220 cm³/mol. The minimum atomic E-state index is 0.586. The number of fused-ring (bicyclic) bond motifs is 7. The molecule has 11 aromatic rings. The van der Waals surface area contributed by atoms with Crippen LogP contribution in [0.2, 0.25) is 0 Å². The lowest BCUT2D eigenvalue weighted by Gasteiger charge is -2.26. The van der Waals surface area contributed by atoms with Crippen LogP contribution in [0.4, 0.5) is 17.1 Å². The van der Waals surface area contributed by atoms with Crippen molar-refractivity contribution in [1.29, 1.82) is 0 Å². The molecule has 3 heterocycles. The maximum atomic E-state index is 6.45. The molecule has 0 atom stereocenters. The second-order valence-electron chi connectivity index (χ2n) is 13.6. The van der Waals surface area contributed by atoms with Crippen molar-refractivity contribution in [3.8, 4) is 33.7 Å². The Morgan fingerprint density at radius 1 is 0.352 bits per heavy atom. The fraction of sp³-hybridized carbons (Fsp3) is 0. The summed E-state index contributed by atoms with van der Waals surface area (Å²) in [6, 6.07) is 62.9. The highest BCUT2D eigenvalue weighted by molar-refractivity contribution is 6.12. The van der Waals surface area contributed by atoms with E-state index in [0.717, 1.165) is 94.3 Å². The second-order valence-corrected chi connectivity index (χ2v) is 13.6. The number of hydrogen-bond donors (Lipinski definition) is 0. The minimum absolute atomic E-state index is 0.586. The maximum Gasteiger partial charge on any atom is 0.228 e. The Bertz CT molecular complexity index is 3140. The van der Waals surface area contributed by atoms with E-state index in [1.807, 2.05) is 60.7 Å². The molecular weight excluding hydrogens is 665 g/mol. The molecule has 0 amide bonds. The first-order valence-electron chi connectivity index (χ1n) is 18.0. The van der Waals surface area contributed by atoms with E-state index in [0.29, 0.717) is 5.89 Å². The van der Waals surface area contributed by atoms with Gasteiger partial charge < -0.3 is 18.2 Å². The highest BCUT2D eigenvalue weighted by Gasteiger charge is 2.19. The number of rotatable bonds is 6. The van der Waals surface area contributed by atoms with E-state index in [2.05, 4.69) is 126 Å². The molecule has 0 saturated carbocycles. The molecule has 0 aliphatic carbocycles. The van der Waals surface area contributed by atoms with Gasteiger partial charge in [0.05, 0.1) is 0 Å². The van der Waals surface area contributed by atoms with E-state index >= 15 is 0 Å². The summed E-state index contributed by atoms with van der Waals surface area (Å²) in [6.07, 6.45) is 0. The molecule has 0 aliphatic heterocycles. The average Bonchev–Trinajstić information content (AvgIpc) is 3.94. The van der Waals surface area contributed by atoms with Gasteiger partial charge in [-0.3, -0.25) is 0 Å². The fourth-order valence-corrected chi connectivity index (χ4v) is 7.73. The average molecular weight is 695 g/mol. The Labute approximate surface area is 309 Å². The van der Waals surface area contributed by atoms with Crippen LogP contribution in [0, 0.1) is 0 Å². The standard InChI is InChI=1S/C49H30N2O3/c1-2-10-31(11-3-1)33-12-8-13-36(28-33)51(37-25-27-39-38-14-4-6-17-43(38)52-47(39)30-37)35-23-20-32(21-24-35)34-22-26-40-46(29-34)53-45-19-9-15-41(48(40)45)49-50-42-16-5-7-18-44(42)54-49/h1-30H. The number of anilines is 3. The van der Waals surface area contributed by atoms with Gasteiger partial charge in [0.2, 0.25) is 5.89 Å². The summed E-state index contributed by atoms with van der Waals surface area (Å²) in [4.78, 5) is 7.07. The van der Waals surface area contributed by atoms with Gasteiger partial charge in [-0.05, 0) is 101 Å². The zero-order chi connectivity index (χ0) is 35.6. The molecule has 0 unspecified atom stereocenters. The Balaban J connectivity index is 0.995. The molecule has 0 aliphatic rings. The SMILES string of the molecule is c1ccc(-c2cccc(N(c3ccc(-c4ccc5c(c4)oc4cccc(-c6nc7ccccc7o6)c45)cc3)c3ccc4c(c3)oc3ccccc34)c2)cc1. The molecule has 0 bridgehead atoms. The Kier molecular flexibility index (Phi) is 6.79. The number of nitrogens with zero attached hydrogens (tertiary/aromatic N) is 2. The van der Waals surface area contributed by atoms with Gasteiger partial charge in [-0.15, -0.1) is 0 Å². The van der Waals surface area contributed by atoms with E-state index in [-0.39, 0.29) is 0 Å². The molecule has 0 saturated heterocycles. The van der Waals surface area contributed by atoms with Gasteiger partial charge in [-0.25, -0.2) is 4.98 Å². The second kappa shape index (κ2) is 12.1. The Morgan fingerprint density at radius 2 is 0.963 bits per heavy atom. The summed E-state index contributed by atoms with van der Waals surface area (Å²) in [7, 11) is 0. The number of furan rings is 2. The number of benzene rings is 8. The van der Waals surface area contributed by atoms with E-state index in [1.165, 1.54) is 5.56 Å². The zero-order valence-electron chi connectivity index (χ0n) is 28.9. The largest absolute Gasteiger partial charge is 0.456 e. The van der Waals surface area contributed by atoms with E-state index in [4.69, 9.17) is 18.2 Å². The predicted octanol–water partition coefficient (Wildman–Crippen LogP) is 14.1. The molecule has 254 valence electrons. The quantitative estimate of drug-likeness (QED) is 0.173. The molecule has 0 fully saturated rings. The van der Waals surface area contributed by atoms with Crippen LogP contribution < -0.4 is 4.90 Å². The first kappa shape index (κ1) is 30.3. The van der Waals surface area contributed by atoms with E-state index < -0.39 is 0 Å². The highest BCUT2D eigenvalue weighted by atomic mass is 16.4. The first-order valence-corrected chi connectivity index (χ1v) is 18.0. The van der Waals surface area contributed by atoms with E-state index in [9.17, 15) is 0 Å². The highest BCUT2D eigenvalue weighted by Crippen LogP contribution is 2.42. The summed E-state index contributed by atoms with van der Waals surface area (Å²) in [5, 5.41) is 4.24. The molecule has 54 heavy (non-hydrogen) atoms. The molecule has 5 heteroatoms. The molecule has 0 N–H and O–H groups in total. The molecule has 5 nitrogen and oxygen atoms in total. The van der Waals surface area contributed by atoms with Crippen LogP contribution in [0.3, 0.4) is 0 Å². The van der Waals surface area contributed by atoms with Crippen molar-refractivity contribution in [1.82, 2.24) is 4.98 Å². The van der Waals surface area contributed by atoms with Crippen LogP contribution in [-0.2, 0) is 0 Å². The molecule has 3 aromatic heterocycles. The number of para-hydroxylation sites is 3. The van der Waals surface area contributed by atoms with Gasteiger partial charge in [-0.2, -0.15) is 0 Å². The van der Waals surface area contributed by atoms with Gasteiger partial charge in [0.25, 0.3) is 0 Å². The smallest absolute Gasteiger partial charge is 0.228 e. The van der Waals surface area contributed by atoms with Gasteiger partial charge >= 0.3 is 0 Å². The lowest BCUT2D eigenvalue weighted by atomic mass is 10.0. The van der Waals surface area contributed by atoms with Gasteiger partial charge in [-0.1, -0.05) is 97.1 Å². The van der Waals surface area contributed by atoms with Gasteiger partial charge in [0.1, 0.15) is 27.8 Å². The lowest BCUT2D eigenvalue weighted by Crippen LogP contribution is -2.10. The fourth-order valence-electron chi connectivity index (χ4n) is 7.73. The summed E-state index contributed by atoms with van der Waals surface area (Å²) in [5.41, 5.74) is 13.4. The van der Waals surface area contributed by atoms with Crippen LogP contribution in [0.25, 0.3) is 88.7 Å². The van der Waals surface area contributed by atoms with Crippen molar-refractivity contribution in [2.75, 3.05) is 4.90 Å². The van der Waals surface area contributed by atoms with Crippen LogP contribution in [0.15, 0.2) is 195 Å². The maximum absolute atomic E-state index is 6.45. The summed E-state index contributed by atoms with van der Waals surface area (Å²) in [5.74, 6) is 0.586. The van der Waals surface area contributed by atoms with Crippen LogP contribution in [0.5, 0.6) is 0 Å². The number of aromatic nitrogens is 1. The Morgan fingerprint density at radius 3 is 1.85 bits per heavy atom. The number of oxazole rings is 1. The third-order valence-corrected chi connectivity index (χ3v) is 10.3. The lowest BCUT2D eigenvalue weighted by molar-refractivity contribution is 0.620. The van der Waals surface area contributed by atoms with Crippen LogP contribution in [0.1, 0.15) is 0 Å². The van der Waals surface area contributed by atoms with Crippen molar-refractivity contribution in [3.05, 3.63) is 182 Å². The Hall–Kier alpha value is -7.37. The van der Waals surface area contributed by atoms with Crippen molar-refractivity contribution < 1.29 is 13.3 Å². The zero-order valence-corrected chi connectivity index (χ0v) is 28.9. The van der Waals surface area contributed by atoms with Crippen molar-refractivity contribution >= 4 is 72.0 Å². The third kappa shape index (κ3) is 4.98. The first-order chi connectivity index (χ1) is 26.7. The van der Waals surface area contributed by atoms with Crippen LogP contribution >= 0.6 is 0 Å². The third-order valence-electron chi connectivity index (χ3n) is 10.3. The van der Waals surface area contributed by atoms with Gasteiger partial charge in [0.15, 0.2) is 5.58 Å². The van der Waals surface area contributed by atoms with Crippen molar-refractivity contribution in [2.24, 2.45) is 0 Å². The molecule has 0 radical (unpaired) electrons. The summed E-state index contributed by atoms with van der Waals surface area (Å²) in [6.45, 7) is 0. The molecular formula is C49H30N2O3.